The molecule has 0 unspecified atom stereocenters. The van der Waals surface area contributed by atoms with E-state index in [1.807, 2.05) is 0 Å². The summed E-state index contributed by atoms with van der Waals surface area (Å²) in [5.41, 5.74) is -1.04. The van der Waals surface area contributed by atoms with Gasteiger partial charge in [0.15, 0.2) is 23.3 Å². The summed E-state index contributed by atoms with van der Waals surface area (Å²) < 4.78 is 56.0. The fraction of sp³-hybridized carbons (Fsp3) is 0.143. The third-order valence-corrected chi connectivity index (χ3v) is 4.45. The highest BCUT2D eigenvalue weighted by molar-refractivity contribution is 6.24. The van der Waals surface area contributed by atoms with E-state index < -0.39 is 46.1 Å². The Balaban J connectivity index is 2.02. The first-order valence-electron chi connectivity index (χ1n) is 9.23. The summed E-state index contributed by atoms with van der Waals surface area (Å²) in [6.07, 6.45) is 3.18. The molecule has 0 aliphatic rings. The lowest BCUT2D eigenvalue weighted by molar-refractivity contribution is -0.132. The van der Waals surface area contributed by atoms with Gasteiger partial charge in [-0.15, -0.1) is 5.10 Å². The van der Waals surface area contributed by atoms with Crippen LogP contribution in [-0.4, -0.2) is 36.9 Å². The Morgan fingerprint density at radius 2 is 1.75 bits per heavy atom. The SMILES string of the molecule is CCC(=Nc1ccc(Cn2ccnn2)cc1)C(C(=O)O)=C(O)c1cc(F)c(F)c(F)c1F. The van der Waals surface area contributed by atoms with Crippen molar-refractivity contribution in [2.45, 2.75) is 19.9 Å². The van der Waals surface area contributed by atoms with Crippen molar-refractivity contribution < 1.29 is 32.6 Å². The highest BCUT2D eigenvalue weighted by Gasteiger charge is 2.27. The van der Waals surface area contributed by atoms with E-state index in [9.17, 15) is 32.6 Å². The van der Waals surface area contributed by atoms with Crippen LogP contribution in [0.25, 0.3) is 5.76 Å². The van der Waals surface area contributed by atoms with E-state index in [0.29, 0.717) is 12.2 Å². The van der Waals surface area contributed by atoms with Crippen LogP contribution < -0.4 is 0 Å². The largest absolute Gasteiger partial charge is 0.506 e. The number of carboxylic acid groups (broad SMARTS) is 1. The summed E-state index contributed by atoms with van der Waals surface area (Å²) in [6.45, 7) is 1.96. The predicted octanol–water partition coefficient (Wildman–Crippen LogP) is 4.42. The normalized spacial score (nSPS) is 12.6. The number of benzene rings is 2. The van der Waals surface area contributed by atoms with Crippen molar-refractivity contribution in [3.63, 3.8) is 0 Å². The first-order valence-corrected chi connectivity index (χ1v) is 9.23. The zero-order valence-electron chi connectivity index (χ0n) is 16.6. The van der Waals surface area contributed by atoms with Gasteiger partial charge < -0.3 is 10.2 Å². The zero-order chi connectivity index (χ0) is 23.4. The van der Waals surface area contributed by atoms with Crippen molar-refractivity contribution in [2.75, 3.05) is 0 Å². The number of halogens is 4. The Bertz CT molecular complexity index is 1210. The quantitative estimate of drug-likeness (QED) is 0.139. The van der Waals surface area contributed by atoms with Crippen molar-refractivity contribution in [1.82, 2.24) is 15.0 Å². The fourth-order valence-electron chi connectivity index (χ4n) is 2.89. The Morgan fingerprint density at radius 1 is 1.06 bits per heavy atom. The van der Waals surface area contributed by atoms with Crippen molar-refractivity contribution in [1.29, 1.82) is 0 Å². The number of aliphatic carboxylic acids is 1. The van der Waals surface area contributed by atoms with Gasteiger partial charge in [0.2, 0.25) is 0 Å². The Labute approximate surface area is 179 Å². The van der Waals surface area contributed by atoms with Gasteiger partial charge in [-0.25, -0.2) is 27.0 Å². The molecule has 166 valence electrons. The summed E-state index contributed by atoms with van der Waals surface area (Å²) in [6, 6.07) is 6.76. The first-order chi connectivity index (χ1) is 15.2. The second-order valence-electron chi connectivity index (χ2n) is 6.56. The molecule has 1 heterocycles. The second-order valence-corrected chi connectivity index (χ2v) is 6.56. The van der Waals surface area contributed by atoms with Crippen LogP contribution in [0.5, 0.6) is 0 Å². The molecule has 3 rings (SSSR count). The lowest BCUT2D eigenvalue weighted by atomic mass is 10.0. The highest BCUT2D eigenvalue weighted by atomic mass is 19.2. The standard InChI is InChI=1S/C21H16F4N4O3/c1-2-15(27-12-5-3-11(4-6-12)10-29-8-7-26-28-29)16(21(31)32)20(30)13-9-14(22)18(24)19(25)17(13)23/h3-9,30H,2,10H2,1H3,(H,31,32). The van der Waals surface area contributed by atoms with E-state index in [1.54, 1.807) is 35.1 Å². The van der Waals surface area contributed by atoms with Crippen LogP contribution in [0.15, 0.2) is 53.3 Å². The van der Waals surface area contributed by atoms with E-state index in [0.717, 1.165) is 5.56 Å². The van der Waals surface area contributed by atoms with Gasteiger partial charge in [0.05, 0.1) is 29.7 Å². The number of carbonyl (C=O) groups is 1. The lowest BCUT2D eigenvalue weighted by Crippen LogP contribution is -2.15. The number of aliphatic hydroxyl groups excluding tert-OH is 1. The van der Waals surface area contributed by atoms with Gasteiger partial charge in [-0.1, -0.05) is 24.3 Å². The van der Waals surface area contributed by atoms with Crippen LogP contribution in [0.4, 0.5) is 23.2 Å². The Morgan fingerprint density at radius 3 is 2.31 bits per heavy atom. The second kappa shape index (κ2) is 9.41. The van der Waals surface area contributed by atoms with E-state index in [1.165, 1.54) is 13.1 Å². The number of nitrogens with zero attached hydrogens (tertiary/aromatic N) is 4. The molecule has 1 aromatic heterocycles. The molecular weight excluding hydrogens is 432 g/mol. The lowest BCUT2D eigenvalue weighted by Gasteiger charge is -2.11. The van der Waals surface area contributed by atoms with Crippen LogP contribution >= 0.6 is 0 Å². The molecule has 0 fully saturated rings. The topological polar surface area (TPSA) is 101 Å². The van der Waals surface area contributed by atoms with Crippen LogP contribution in [0.2, 0.25) is 0 Å². The average Bonchev–Trinajstić information content (AvgIpc) is 3.28. The molecule has 2 aromatic carbocycles. The molecule has 0 spiro atoms. The molecule has 11 heteroatoms. The van der Waals surface area contributed by atoms with E-state index in [-0.39, 0.29) is 18.2 Å². The summed E-state index contributed by atoms with van der Waals surface area (Å²) in [4.78, 5) is 16.0. The van der Waals surface area contributed by atoms with Gasteiger partial charge in [0, 0.05) is 6.20 Å². The fourth-order valence-corrected chi connectivity index (χ4v) is 2.89. The first kappa shape index (κ1) is 22.7. The number of carboxylic acids is 1. The number of aliphatic imine (C=N–C) groups is 1. The summed E-state index contributed by atoms with van der Waals surface area (Å²) in [5, 5.41) is 27.4. The number of aliphatic hydroxyl groups is 1. The van der Waals surface area contributed by atoms with E-state index in [4.69, 9.17) is 0 Å². The van der Waals surface area contributed by atoms with Gasteiger partial charge in [-0.2, -0.15) is 0 Å². The molecule has 2 N–H and O–H groups in total. The number of hydrogen-bond acceptors (Lipinski definition) is 5. The third-order valence-electron chi connectivity index (χ3n) is 4.45. The third kappa shape index (κ3) is 4.66. The van der Waals surface area contributed by atoms with Crippen molar-refractivity contribution >= 4 is 23.1 Å². The van der Waals surface area contributed by atoms with Crippen LogP contribution in [0, 0.1) is 23.3 Å². The molecule has 0 saturated heterocycles. The van der Waals surface area contributed by atoms with Gasteiger partial charge >= 0.3 is 5.97 Å². The number of aromatic nitrogens is 3. The van der Waals surface area contributed by atoms with Crippen molar-refractivity contribution in [3.05, 3.63) is 82.7 Å². The zero-order valence-corrected chi connectivity index (χ0v) is 16.6. The van der Waals surface area contributed by atoms with Crippen molar-refractivity contribution in [3.8, 4) is 0 Å². The molecule has 0 saturated carbocycles. The van der Waals surface area contributed by atoms with Crippen molar-refractivity contribution in [2.24, 2.45) is 4.99 Å². The molecule has 0 aliphatic heterocycles. The molecule has 32 heavy (non-hydrogen) atoms. The summed E-state index contributed by atoms with van der Waals surface area (Å²) in [7, 11) is 0. The molecule has 0 atom stereocenters. The van der Waals surface area contributed by atoms with E-state index >= 15 is 0 Å². The number of hydrogen-bond donors (Lipinski definition) is 2. The minimum Gasteiger partial charge on any atom is -0.506 e. The van der Waals surface area contributed by atoms with E-state index in [2.05, 4.69) is 15.3 Å². The monoisotopic (exact) mass is 448 g/mol. The van der Waals surface area contributed by atoms with Crippen LogP contribution in [-0.2, 0) is 11.3 Å². The van der Waals surface area contributed by atoms with Gasteiger partial charge in [0.1, 0.15) is 11.3 Å². The molecule has 0 amide bonds. The minimum atomic E-state index is -2.17. The molecule has 3 aromatic rings. The Hall–Kier alpha value is -4.02. The predicted molar refractivity (Wildman–Crippen MR) is 106 cm³/mol. The van der Waals surface area contributed by atoms with Gasteiger partial charge in [-0.3, -0.25) is 4.99 Å². The maximum absolute atomic E-state index is 14.1. The van der Waals surface area contributed by atoms with Crippen LogP contribution in [0.1, 0.15) is 24.5 Å². The smallest absolute Gasteiger partial charge is 0.341 e. The maximum atomic E-state index is 14.1. The van der Waals surface area contributed by atoms with Gasteiger partial charge in [-0.05, 0) is 30.2 Å². The molecule has 0 radical (unpaired) electrons. The Kier molecular flexibility index (Phi) is 6.67. The van der Waals surface area contributed by atoms with Crippen LogP contribution in [0.3, 0.4) is 0 Å². The minimum absolute atomic E-state index is 0.0276. The average molecular weight is 448 g/mol. The highest BCUT2D eigenvalue weighted by Crippen LogP contribution is 2.27. The summed E-state index contributed by atoms with van der Waals surface area (Å²) in [5.74, 6) is -11.0. The van der Waals surface area contributed by atoms with Gasteiger partial charge in [0.25, 0.3) is 0 Å². The number of rotatable bonds is 7. The molecule has 0 aliphatic carbocycles. The maximum Gasteiger partial charge on any atom is 0.341 e. The molecular formula is C21H16F4N4O3. The summed E-state index contributed by atoms with van der Waals surface area (Å²) >= 11 is 0. The molecule has 7 nitrogen and oxygen atoms in total. The molecule has 0 bridgehead atoms.